The van der Waals surface area contributed by atoms with Crippen LogP contribution in [0.3, 0.4) is 0 Å². The van der Waals surface area contributed by atoms with Gasteiger partial charge in [-0.3, -0.25) is 4.79 Å². The summed E-state index contributed by atoms with van der Waals surface area (Å²) in [6, 6.07) is 18.0. The van der Waals surface area contributed by atoms with E-state index in [1.54, 1.807) is 24.3 Å². The van der Waals surface area contributed by atoms with Gasteiger partial charge >= 0.3 is 0 Å². The van der Waals surface area contributed by atoms with E-state index in [0.29, 0.717) is 17.9 Å². The van der Waals surface area contributed by atoms with Crippen LogP contribution in [-0.2, 0) is 13.0 Å². The normalized spacial score (nSPS) is 10.3. The number of halogens is 1. The number of anilines is 1. The van der Waals surface area contributed by atoms with Gasteiger partial charge in [0.25, 0.3) is 5.91 Å². The molecular weight excluding hydrogens is 331 g/mol. The maximum absolute atomic E-state index is 13.6. The van der Waals surface area contributed by atoms with E-state index in [4.69, 9.17) is 0 Å². The molecule has 0 saturated heterocycles. The van der Waals surface area contributed by atoms with Crippen LogP contribution in [0.2, 0.25) is 0 Å². The molecule has 0 aliphatic heterocycles. The second-order valence-corrected chi connectivity index (χ2v) is 5.72. The number of aromatic nitrogens is 2. The fraction of sp³-hybridized carbons (Fsp3) is 0.150. The third kappa shape index (κ3) is 4.86. The highest BCUT2D eigenvalue weighted by Crippen LogP contribution is 2.08. The van der Waals surface area contributed by atoms with Gasteiger partial charge in [0.2, 0.25) is 0 Å². The Kier molecular flexibility index (Phi) is 5.88. The Morgan fingerprint density at radius 3 is 2.58 bits per heavy atom. The average molecular weight is 350 g/mol. The van der Waals surface area contributed by atoms with Crippen molar-refractivity contribution in [2.75, 3.05) is 11.9 Å². The number of nitrogens with one attached hydrogen (secondary N) is 2. The van der Waals surface area contributed by atoms with Gasteiger partial charge in [-0.15, -0.1) is 0 Å². The molecule has 5 nitrogen and oxygen atoms in total. The molecule has 0 fully saturated rings. The minimum absolute atomic E-state index is 0.103. The predicted octanol–water partition coefficient (Wildman–Crippen LogP) is 3.20. The third-order valence-electron chi connectivity index (χ3n) is 3.86. The van der Waals surface area contributed by atoms with Gasteiger partial charge in [0.05, 0.1) is 0 Å². The first-order valence-corrected chi connectivity index (χ1v) is 8.34. The number of carbonyl (C=O) groups excluding carboxylic acids is 1. The highest BCUT2D eigenvalue weighted by Gasteiger charge is 2.09. The fourth-order valence-electron chi connectivity index (χ4n) is 2.47. The van der Waals surface area contributed by atoms with Crippen molar-refractivity contribution < 1.29 is 9.18 Å². The van der Waals surface area contributed by atoms with Crippen LogP contribution in [0.1, 0.15) is 21.6 Å². The zero-order valence-corrected chi connectivity index (χ0v) is 14.2. The van der Waals surface area contributed by atoms with Crippen molar-refractivity contribution in [1.29, 1.82) is 0 Å². The number of benzene rings is 2. The van der Waals surface area contributed by atoms with Crippen LogP contribution < -0.4 is 10.6 Å². The third-order valence-corrected chi connectivity index (χ3v) is 3.86. The Hall–Kier alpha value is -3.28. The smallest absolute Gasteiger partial charge is 0.270 e. The predicted molar refractivity (Wildman–Crippen MR) is 98.2 cm³/mol. The SMILES string of the molecule is O=C(NCc1ccccc1F)c1cc(NCCc2ccccc2)ncn1. The molecule has 1 heterocycles. The van der Waals surface area contributed by atoms with Crippen LogP contribution in [0, 0.1) is 5.82 Å². The molecular formula is C20H19FN4O. The minimum atomic E-state index is -0.373. The molecule has 0 saturated carbocycles. The molecule has 0 aliphatic rings. The number of hydrogen-bond donors (Lipinski definition) is 2. The van der Waals surface area contributed by atoms with Crippen LogP contribution >= 0.6 is 0 Å². The zero-order chi connectivity index (χ0) is 18.2. The lowest BCUT2D eigenvalue weighted by Gasteiger charge is -2.08. The van der Waals surface area contributed by atoms with Crippen LogP contribution in [0.4, 0.5) is 10.2 Å². The first-order chi connectivity index (χ1) is 12.7. The fourth-order valence-corrected chi connectivity index (χ4v) is 2.47. The van der Waals surface area contributed by atoms with Gasteiger partial charge in [0.1, 0.15) is 23.7 Å². The lowest BCUT2D eigenvalue weighted by atomic mass is 10.1. The molecule has 6 heteroatoms. The molecule has 3 aromatic rings. The standard InChI is InChI=1S/C20H19FN4O/c21-17-9-5-4-8-16(17)13-23-20(26)18-12-19(25-14-24-18)22-11-10-15-6-2-1-3-7-15/h1-9,12,14H,10-11,13H2,(H,23,26)(H,22,24,25). The lowest BCUT2D eigenvalue weighted by Crippen LogP contribution is -2.24. The quantitative estimate of drug-likeness (QED) is 0.687. The van der Waals surface area contributed by atoms with Crippen LogP contribution in [0.15, 0.2) is 67.0 Å². The van der Waals surface area contributed by atoms with Crippen molar-refractivity contribution in [3.8, 4) is 0 Å². The van der Waals surface area contributed by atoms with Gasteiger partial charge in [0.15, 0.2) is 0 Å². The lowest BCUT2D eigenvalue weighted by molar-refractivity contribution is 0.0945. The summed E-state index contributed by atoms with van der Waals surface area (Å²) in [7, 11) is 0. The van der Waals surface area contributed by atoms with Crippen molar-refractivity contribution in [2.24, 2.45) is 0 Å². The molecule has 1 amide bonds. The van der Waals surface area contributed by atoms with E-state index in [9.17, 15) is 9.18 Å². The molecule has 0 bridgehead atoms. The van der Waals surface area contributed by atoms with E-state index in [1.807, 2.05) is 18.2 Å². The summed E-state index contributed by atoms with van der Waals surface area (Å²) < 4.78 is 13.6. The van der Waals surface area contributed by atoms with E-state index in [1.165, 1.54) is 18.0 Å². The van der Waals surface area contributed by atoms with Crippen LogP contribution in [-0.4, -0.2) is 22.4 Å². The highest BCUT2D eigenvalue weighted by atomic mass is 19.1. The highest BCUT2D eigenvalue weighted by molar-refractivity contribution is 5.92. The van der Waals surface area contributed by atoms with E-state index < -0.39 is 0 Å². The van der Waals surface area contributed by atoms with Gasteiger partial charge < -0.3 is 10.6 Å². The Morgan fingerprint density at radius 1 is 1.00 bits per heavy atom. The second kappa shape index (κ2) is 8.71. The van der Waals surface area contributed by atoms with Crippen molar-refractivity contribution >= 4 is 11.7 Å². The van der Waals surface area contributed by atoms with Crippen LogP contribution in [0.25, 0.3) is 0 Å². The summed E-state index contributed by atoms with van der Waals surface area (Å²) in [4.78, 5) is 20.3. The van der Waals surface area contributed by atoms with E-state index in [0.717, 1.165) is 6.42 Å². The number of nitrogens with zero attached hydrogens (tertiary/aromatic N) is 2. The molecule has 2 N–H and O–H groups in total. The van der Waals surface area contributed by atoms with Crippen molar-refractivity contribution in [3.05, 3.63) is 89.6 Å². The van der Waals surface area contributed by atoms with Gasteiger partial charge in [-0.1, -0.05) is 48.5 Å². The summed E-state index contributed by atoms with van der Waals surface area (Å²) in [5, 5.41) is 5.85. The monoisotopic (exact) mass is 350 g/mol. The number of rotatable bonds is 7. The summed E-state index contributed by atoms with van der Waals surface area (Å²) in [6.45, 7) is 0.795. The summed E-state index contributed by atoms with van der Waals surface area (Å²) in [5.41, 5.74) is 1.88. The van der Waals surface area contributed by atoms with Gasteiger partial charge in [-0.2, -0.15) is 0 Å². The largest absolute Gasteiger partial charge is 0.370 e. The van der Waals surface area contributed by atoms with Crippen molar-refractivity contribution in [1.82, 2.24) is 15.3 Å². The number of amides is 1. The Balaban J connectivity index is 1.54. The van der Waals surface area contributed by atoms with Gasteiger partial charge in [0, 0.05) is 24.7 Å². The molecule has 0 atom stereocenters. The first-order valence-electron chi connectivity index (χ1n) is 8.34. The summed E-state index contributed by atoms with van der Waals surface area (Å²) in [5.74, 6) is -0.146. The maximum Gasteiger partial charge on any atom is 0.270 e. The summed E-state index contributed by atoms with van der Waals surface area (Å²) >= 11 is 0. The molecule has 0 aliphatic carbocycles. The molecule has 0 unspecified atom stereocenters. The molecule has 2 aromatic carbocycles. The summed E-state index contributed by atoms with van der Waals surface area (Å²) in [6.07, 6.45) is 2.18. The van der Waals surface area contributed by atoms with Crippen molar-refractivity contribution in [3.63, 3.8) is 0 Å². The molecule has 0 radical (unpaired) electrons. The molecule has 3 rings (SSSR count). The van der Waals surface area contributed by atoms with E-state index in [-0.39, 0.29) is 24.0 Å². The van der Waals surface area contributed by atoms with Gasteiger partial charge in [-0.05, 0) is 18.1 Å². The first kappa shape index (κ1) is 17.5. The van der Waals surface area contributed by atoms with Crippen LogP contribution in [0.5, 0.6) is 0 Å². The Morgan fingerprint density at radius 2 is 1.77 bits per heavy atom. The minimum Gasteiger partial charge on any atom is -0.370 e. The van der Waals surface area contributed by atoms with E-state index >= 15 is 0 Å². The molecule has 1 aromatic heterocycles. The second-order valence-electron chi connectivity index (χ2n) is 5.72. The maximum atomic E-state index is 13.6. The van der Waals surface area contributed by atoms with E-state index in [2.05, 4.69) is 32.7 Å². The Labute approximate surface area is 151 Å². The Bertz CT molecular complexity index is 870. The topological polar surface area (TPSA) is 66.9 Å². The number of hydrogen-bond acceptors (Lipinski definition) is 4. The average Bonchev–Trinajstić information content (AvgIpc) is 2.68. The zero-order valence-electron chi connectivity index (χ0n) is 14.2. The number of carbonyl (C=O) groups is 1. The van der Waals surface area contributed by atoms with Crippen molar-refractivity contribution in [2.45, 2.75) is 13.0 Å². The molecule has 0 spiro atoms. The molecule has 26 heavy (non-hydrogen) atoms. The van der Waals surface area contributed by atoms with Gasteiger partial charge in [-0.25, -0.2) is 14.4 Å². The molecule has 132 valence electrons.